The van der Waals surface area contributed by atoms with Gasteiger partial charge in [-0.3, -0.25) is 4.79 Å². The molecule has 4 nitrogen and oxygen atoms in total. The maximum absolute atomic E-state index is 12.6. The van der Waals surface area contributed by atoms with Crippen LogP contribution in [0.2, 0.25) is 0 Å². The van der Waals surface area contributed by atoms with E-state index in [1.165, 1.54) is 5.56 Å². The third kappa shape index (κ3) is 4.21. The molecule has 1 atom stereocenters. The van der Waals surface area contributed by atoms with Crippen molar-refractivity contribution in [2.24, 2.45) is 0 Å². The summed E-state index contributed by atoms with van der Waals surface area (Å²) in [6.45, 7) is 6.28. The van der Waals surface area contributed by atoms with Gasteiger partial charge >= 0.3 is 0 Å². The largest absolute Gasteiger partial charge is 0.480 e. The topological polar surface area (TPSA) is 51.2 Å². The molecule has 4 rings (SSSR count). The number of amides is 1. The molecule has 0 spiro atoms. The molecule has 0 saturated carbocycles. The van der Waals surface area contributed by atoms with Crippen molar-refractivity contribution in [2.45, 2.75) is 33.4 Å². The lowest BCUT2D eigenvalue weighted by atomic mass is 10.1. The van der Waals surface area contributed by atoms with Gasteiger partial charge in [0, 0.05) is 15.8 Å². The van der Waals surface area contributed by atoms with E-state index in [-0.39, 0.29) is 5.91 Å². The van der Waals surface area contributed by atoms with Crippen molar-refractivity contribution in [1.82, 2.24) is 10.3 Å². The number of nitrogens with one attached hydrogen (secondary N) is 1. The molecule has 1 aromatic heterocycles. The lowest BCUT2D eigenvalue weighted by molar-refractivity contribution is -0.127. The summed E-state index contributed by atoms with van der Waals surface area (Å²) in [6, 6.07) is 22.1. The molecule has 0 bridgehead atoms. The van der Waals surface area contributed by atoms with Gasteiger partial charge in [0.25, 0.3) is 5.91 Å². The maximum atomic E-state index is 12.6. The van der Waals surface area contributed by atoms with Gasteiger partial charge in [0.1, 0.15) is 10.8 Å². The van der Waals surface area contributed by atoms with Crippen LogP contribution in [0, 0.1) is 13.8 Å². The van der Waals surface area contributed by atoms with Crippen LogP contribution in [0.15, 0.2) is 66.7 Å². The highest BCUT2D eigenvalue weighted by molar-refractivity contribution is 7.15. The van der Waals surface area contributed by atoms with Crippen molar-refractivity contribution < 1.29 is 9.53 Å². The smallest absolute Gasteiger partial charge is 0.261 e. The van der Waals surface area contributed by atoms with E-state index in [2.05, 4.69) is 24.4 Å². The van der Waals surface area contributed by atoms with Gasteiger partial charge < -0.3 is 10.1 Å². The molecule has 1 amide bonds. The summed E-state index contributed by atoms with van der Waals surface area (Å²) < 4.78 is 5.97. The van der Waals surface area contributed by atoms with Crippen molar-refractivity contribution >= 4 is 28.0 Å². The Morgan fingerprint density at radius 3 is 2.60 bits per heavy atom. The first kappa shape index (κ1) is 20.1. The molecule has 30 heavy (non-hydrogen) atoms. The lowest BCUT2D eigenvalue weighted by Gasteiger charge is -2.16. The maximum Gasteiger partial charge on any atom is 0.261 e. The van der Waals surface area contributed by atoms with Crippen molar-refractivity contribution in [3.05, 3.63) is 82.9 Å². The number of carbonyl (C=O) groups excluding carboxylic acids is 1. The number of benzene rings is 3. The zero-order chi connectivity index (χ0) is 21.1. The molecule has 0 saturated heterocycles. The van der Waals surface area contributed by atoms with Crippen LogP contribution in [0.4, 0.5) is 0 Å². The zero-order valence-corrected chi connectivity index (χ0v) is 18.1. The Morgan fingerprint density at radius 1 is 1.03 bits per heavy atom. The highest BCUT2D eigenvalue weighted by atomic mass is 32.1. The van der Waals surface area contributed by atoms with Crippen LogP contribution in [-0.4, -0.2) is 17.0 Å². The SMILES string of the molecule is Cc1ccccc1-c1nc(C)c(CNC(=O)C(C)Oc2cccc3ccccc23)s1. The molecule has 0 fully saturated rings. The molecule has 3 aromatic carbocycles. The van der Waals surface area contributed by atoms with Gasteiger partial charge in [-0.05, 0) is 37.8 Å². The summed E-state index contributed by atoms with van der Waals surface area (Å²) in [5, 5.41) is 6.07. The van der Waals surface area contributed by atoms with E-state index in [1.807, 2.05) is 61.5 Å². The van der Waals surface area contributed by atoms with E-state index in [9.17, 15) is 4.79 Å². The highest BCUT2D eigenvalue weighted by Crippen LogP contribution is 2.30. The third-order valence-corrected chi connectivity index (χ3v) is 6.30. The molecule has 0 radical (unpaired) electrons. The second-order valence-corrected chi connectivity index (χ2v) is 8.38. The van der Waals surface area contributed by atoms with Crippen LogP contribution in [0.3, 0.4) is 0 Å². The predicted molar refractivity (Wildman–Crippen MR) is 123 cm³/mol. The van der Waals surface area contributed by atoms with Crippen molar-refractivity contribution in [3.63, 3.8) is 0 Å². The number of hydrogen-bond donors (Lipinski definition) is 1. The van der Waals surface area contributed by atoms with Crippen LogP contribution in [-0.2, 0) is 11.3 Å². The summed E-state index contributed by atoms with van der Waals surface area (Å²) in [7, 11) is 0. The first-order valence-electron chi connectivity index (χ1n) is 9.97. The van der Waals surface area contributed by atoms with Crippen molar-refractivity contribution in [2.75, 3.05) is 0 Å². The molecule has 152 valence electrons. The fraction of sp³-hybridized carbons (Fsp3) is 0.200. The Labute approximate surface area is 180 Å². The summed E-state index contributed by atoms with van der Waals surface area (Å²) in [6.07, 6.45) is -0.597. The number of carbonyl (C=O) groups is 1. The van der Waals surface area contributed by atoms with Gasteiger partial charge in [0.05, 0.1) is 12.2 Å². The first-order valence-corrected chi connectivity index (χ1v) is 10.8. The summed E-state index contributed by atoms with van der Waals surface area (Å²) in [4.78, 5) is 18.4. The van der Waals surface area contributed by atoms with E-state index in [4.69, 9.17) is 9.72 Å². The van der Waals surface area contributed by atoms with Crippen LogP contribution in [0.25, 0.3) is 21.3 Å². The Morgan fingerprint density at radius 2 is 1.77 bits per heavy atom. The van der Waals surface area contributed by atoms with Crippen molar-refractivity contribution in [1.29, 1.82) is 0 Å². The van der Waals surface area contributed by atoms with Gasteiger partial charge in [-0.25, -0.2) is 4.98 Å². The minimum atomic E-state index is -0.597. The molecule has 0 aliphatic rings. The van der Waals surface area contributed by atoms with Gasteiger partial charge in [0.2, 0.25) is 0 Å². The van der Waals surface area contributed by atoms with Crippen LogP contribution < -0.4 is 10.1 Å². The van der Waals surface area contributed by atoms with E-state index in [0.29, 0.717) is 12.3 Å². The predicted octanol–water partition coefficient (Wildman–Crippen LogP) is 5.66. The fourth-order valence-electron chi connectivity index (χ4n) is 3.37. The monoisotopic (exact) mass is 416 g/mol. The average Bonchev–Trinajstić information content (AvgIpc) is 3.12. The molecule has 1 heterocycles. The summed E-state index contributed by atoms with van der Waals surface area (Å²) >= 11 is 1.62. The Hall–Kier alpha value is -3.18. The third-order valence-electron chi connectivity index (χ3n) is 5.11. The number of ether oxygens (including phenoxy) is 1. The second kappa shape index (κ2) is 8.67. The molecule has 1 unspecified atom stereocenters. The number of nitrogens with zero attached hydrogens (tertiary/aromatic N) is 1. The molecule has 4 aromatic rings. The van der Waals surface area contributed by atoms with Crippen LogP contribution in [0.5, 0.6) is 5.75 Å². The quantitative estimate of drug-likeness (QED) is 0.441. The Balaban J connectivity index is 1.43. The molecular weight excluding hydrogens is 392 g/mol. The highest BCUT2D eigenvalue weighted by Gasteiger charge is 2.17. The first-order chi connectivity index (χ1) is 14.5. The number of fused-ring (bicyclic) bond motifs is 1. The zero-order valence-electron chi connectivity index (χ0n) is 17.3. The normalized spacial score (nSPS) is 12.0. The summed E-state index contributed by atoms with van der Waals surface area (Å²) in [5.41, 5.74) is 3.27. The number of hydrogen-bond acceptors (Lipinski definition) is 4. The Kier molecular flexibility index (Phi) is 5.81. The number of aryl methyl sites for hydroxylation is 2. The van der Waals surface area contributed by atoms with Gasteiger partial charge in [-0.15, -0.1) is 11.3 Å². The molecule has 0 aliphatic carbocycles. The average molecular weight is 417 g/mol. The molecular formula is C25H24N2O2S. The molecule has 5 heteroatoms. The van der Waals surface area contributed by atoms with E-state index >= 15 is 0 Å². The minimum Gasteiger partial charge on any atom is -0.480 e. The summed E-state index contributed by atoms with van der Waals surface area (Å²) in [5.74, 6) is 0.569. The Bertz CT molecular complexity index is 1190. The number of thiazole rings is 1. The standard InChI is InChI=1S/C25H24N2O2S/c1-16-9-4-6-12-20(16)25-27-17(2)23(30-25)15-26-24(28)18(3)29-22-14-8-11-19-10-5-7-13-21(19)22/h4-14,18H,15H2,1-3H3,(H,26,28). The molecule has 1 N–H and O–H groups in total. The van der Waals surface area contributed by atoms with Crippen molar-refractivity contribution in [3.8, 4) is 16.3 Å². The second-order valence-electron chi connectivity index (χ2n) is 7.30. The minimum absolute atomic E-state index is 0.145. The van der Waals surface area contributed by atoms with E-state index in [1.54, 1.807) is 18.3 Å². The van der Waals surface area contributed by atoms with Crippen LogP contribution in [0.1, 0.15) is 23.1 Å². The van der Waals surface area contributed by atoms with E-state index in [0.717, 1.165) is 31.9 Å². The lowest BCUT2D eigenvalue weighted by Crippen LogP contribution is -2.35. The fourth-order valence-corrected chi connectivity index (χ4v) is 4.47. The van der Waals surface area contributed by atoms with Gasteiger partial charge in [-0.2, -0.15) is 0 Å². The molecule has 0 aliphatic heterocycles. The van der Waals surface area contributed by atoms with Gasteiger partial charge in [0.15, 0.2) is 6.10 Å². The van der Waals surface area contributed by atoms with E-state index < -0.39 is 6.10 Å². The number of rotatable bonds is 6. The van der Waals surface area contributed by atoms with Gasteiger partial charge in [-0.1, -0.05) is 60.7 Å². The number of aromatic nitrogens is 1. The van der Waals surface area contributed by atoms with Crippen LogP contribution >= 0.6 is 11.3 Å².